The maximum Gasteiger partial charge on any atom is 0.0980 e. The first-order valence-corrected chi connectivity index (χ1v) is 8.28. The molecule has 0 aromatic rings. The molecule has 0 bridgehead atoms. The van der Waals surface area contributed by atoms with Crippen LogP contribution in [0.15, 0.2) is 0 Å². The number of piperidine rings is 4. The Labute approximate surface area is 116 Å². The Morgan fingerprint density at radius 2 is 1.79 bits per heavy atom. The predicted octanol–water partition coefficient (Wildman–Crippen LogP) is 2.24. The SMILES string of the molecule is N#C[C@H]1CCC[C@@H]2[C@H]3CCCN4CCC[C@@H](CN21)[C@@H]34. The normalized spacial score (nSPS) is 47.0. The highest BCUT2D eigenvalue weighted by molar-refractivity contribution is 5.08. The molecule has 0 unspecified atom stereocenters. The van der Waals surface area contributed by atoms with Crippen molar-refractivity contribution in [2.24, 2.45) is 11.8 Å². The van der Waals surface area contributed by atoms with Gasteiger partial charge in [0.2, 0.25) is 0 Å². The van der Waals surface area contributed by atoms with Crippen molar-refractivity contribution < 1.29 is 0 Å². The van der Waals surface area contributed by atoms with Crippen LogP contribution in [-0.4, -0.2) is 47.6 Å². The smallest absolute Gasteiger partial charge is 0.0980 e. The first-order valence-electron chi connectivity index (χ1n) is 8.28. The minimum Gasteiger partial charge on any atom is -0.300 e. The largest absolute Gasteiger partial charge is 0.300 e. The van der Waals surface area contributed by atoms with Gasteiger partial charge < -0.3 is 0 Å². The quantitative estimate of drug-likeness (QED) is 0.668. The average Bonchev–Trinajstić information content (AvgIpc) is 2.47. The van der Waals surface area contributed by atoms with E-state index >= 15 is 0 Å². The van der Waals surface area contributed by atoms with Gasteiger partial charge >= 0.3 is 0 Å². The Morgan fingerprint density at radius 3 is 2.63 bits per heavy atom. The average molecular weight is 259 g/mol. The molecule has 3 nitrogen and oxygen atoms in total. The molecule has 4 heterocycles. The van der Waals surface area contributed by atoms with E-state index in [4.69, 9.17) is 0 Å². The van der Waals surface area contributed by atoms with E-state index in [9.17, 15) is 5.26 Å². The van der Waals surface area contributed by atoms with Gasteiger partial charge in [-0.15, -0.1) is 0 Å². The van der Waals surface area contributed by atoms with Gasteiger partial charge in [-0.05, 0) is 69.9 Å². The Kier molecular flexibility index (Phi) is 3.04. The summed E-state index contributed by atoms with van der Waals surface area (Å²) in [6.45, 7) is 3.89. The Balaban J connectivity index is 1.64. The molecule has 0 radical (unpaired) electrons. The summed E-state index contributed by atoms with van der Waals surface area (Å²) >= 11 is 0. The lowest BCUT2D eigenvalue weighted by Gasteiger charge is -2.59. The third kappa shape index (κ3) is 1.84. The van der Waals surface area contributed by atoms with Crippen molar-refractivity contribution in [2.45, 2.75) is 63.1 Å². The molecule has 4 saturated heterocycles. The summed E-state index contributed by atoms with van der Waals surface area (Å²) in [4.78, 5) is 5.42. The van der Waals surface area contributed by atoms with Crippen molar-refractivity contribution in [3.05, 3.63) is 0 Å². The van der Waals surface area contributed by atoms with E-state index in [1.54, 1.807) is 0 Å². The molecule has 0 spiro atoms. The van der Waals surface area contributed by atoms with Crippen molar-refractivity contribution in [3.8, 4) is 6.07 Å². The number of hydrogen-bond donors (Lipinski definition) is 0. The highest BCUT2D eigenvalue weighted by atomic mass is 15.3. The van der Waals surface area contributed by atoms with E-state index < -0.39 is 0 Å². The standard InChI is InChI=1S/C16H25N3/c17-10-13-5-1-7-15-14-6-3-9-18-8-2-4-12(16(14)18)11-19(13)15/h12-16H,1-9,11H2/t12-,13+,14+,15+,16-/m0/s1. The van der Waals surface area contributed by atoms with Gasteiger partial charge in [0.25, 0.3) is 0 Å². The molecule has 19 heavy (non-hydrogen) atoms. The molecule has 4 aliphatic heterocycles. The van der Waals surface area contributed by atoms with Crippen LogP contribution in [0.1, 0.15) is 44.9 Å². The van der Waals surface area contributed by atoms with Crippen LogP contribution in [0.5, 0.6) is 0 Å². The highest BCUT2D eigenvalue weighted by Crippen LogP contribution is 2.45. The lowest BCUT2D eigenvalue weighted by molar-refractivity contribution is -0.0952. The number of nitrogens with zero attached hydrogens (tertiary/aromatic N) is 3. The zero-order chi connectivity index (χ0) is 12.8. The van der Waals surface area contributed by atoms with Crippen LogP contribution in [-0.2, 0) is 0 Å². The summed E-state index contributed by atoms with van der Waals surface area (Å²) in [6, 6.07) is 4.39. The van der Waals surface area contributed by atoms with Crippen molar-refractivity contribution in [2.75, 3.05) is 19.6 Å². The van der Waals surface area contributed by atoms with E-state index in [-0.39, 0.29) is 6.04 Å². The highest BCUT2D eigenvalue weighted by Gasteiger charge is 2.50. The number of rotatable bonds is 0. The lowest BCUT2D eigenvalue weighted by atomic mass is 9.67. The number of nitriles is 1. The Morgan fingerprint density at radius 1 is 0.947 bits per heavy atom. The maximum atomic E-state index is 9.45. The Hall–Kier alpha value is -0.590. The summed E-state index contributed by atoms with van der Waals surface area (Å²) in [5, 5.41) is 9.45. The second-order valence-electron chi connectivity index (χ2n) is 7.07. The second kappa shape index (κ2) is 4.75. The first-order chi connectivity index (χ1) is 9.38. The van der Waals surface area contributed by atoms with Crippen LogP contribution in [0.25, 0.3) is 0 Å². The topological polar surface area (TPSA) is 30.3 Å². The van der Waals surface area contributed by atoms with Gasteiger partial charge in [-0.3, -0.25) is 9.80 Å². The molecule has 104 valence electrons. The summed E-state index contributed by atoms with van der Waals surface area (Å²) < 4.78 is 0. The van der Waals surface area contributed by atoms with Crippen LogP contribution < -0.4 is 0 Å². The van der Waals surface area contributed by atoms with E-state index in [0.29, 0.717) is 0 Å². The van der Waals surface area contributed by atoms with Crippen LogP contribution in [0.3, 0.4) is 0 Å². The zero-order valence-electron chi connectivity index (χ0n) is 11.8. The summed E-state index contributed by atoms with van der Waals surface area (Å²) in [5.41, 5.74) is 0. The summed E-state index contributed by atoms with van der Waals surface area (Å²) in [5.74, 6) is 1.72. The number of hydrogen-bond acceptors (Lipinski definition) is 3. The van der Waals surface area contributed by atoms with Gasteiger partial charge in [-0.25, -0.2) is 0 Å². The van der Waals surface area contributed by atoms with Gasteiger partial charge in [0.1, 0.15) is 0 Å². The van der Waals surface area contributed by atoms with Crippen molar-refractivity contribution in [1.29, 1.82) is 5.26 Å². The van der Waals surface area contributed by atoms with Crippen LogP contribution in [0, 0.1) is 23.2 Å². The minimum atomic E-state index is 0.219. The van der Waals surface area contributed by atoms with Gasteiger partial charge in [0.05, 0.1) is 12.1 Å². The maximum absolute atomic E-state index is 9.45. The predicted molar refractivity (Wildman–Crippen MR) is 74.6 cm³/mol. The van der Waals surface area contributed by atoms with Crippen molar-refractivity contribution in [1.82, 2.24) is 9.80 Å². The molecule has 0 saturated carbocycles. The minimum absolute atomic E-state index is 0.219. The molecule has 4 fully saturated rings. The molecule has 0 aliphatic carbocycles. The molecular weight excluding hydrogens is 234 g/mol. The van der Waals surface area contributed by atoms with Gasteiger partial charge in [0, 0.05) is 18.6 Å². The molecule has 0 aromatic heterocycles. The fourth-order valence-electron chi connectivity index (χ4n) is 5.59. The fraction of sp³-hybridized carbons (Fsp3) is 0.938. The van der Waals surface area contributed by atoms with Gasteiger partial charge in [-0.1, -0.05) is 0 Å². The van der Waals surface area contributed by atoms with E-state index in [1.165, 1.54) is 58.2 Å². The molecular formula is C16H25N3. The molecule has 5 atom stereocenters. The molecule has 4 rings (SSSR count). The summed E-state index contributed by atoms with van der Waals surface area (Å²) in [7, 11) is 0. The second-order valence-corrected chi connectivity index (χ2v) is 7.07. The fourth-order valence-corrected chi connectivity index (χ4v) is 5.59. The zero-order valence-corrected chi connectivity index (χ0v) is 11.8. The summed E-state index contributed by atoms with van der Waals surface area (Å²) in [6.07, 6.45) is 9.31. The first kappa shape index (κ1) is 12.2. The van der Waals surface area contributed by atoms with E-state index in [0.717, 1.165) is 30.3 Å². The van der Waals surface area contributed by atoms with E-state index in [1.807, 2.05) is 0 Å². The molecule has 0 N–H and O–H groups in total. The Bertz CT molecular complexity index is 386. The van der Waals surface area contributed by atoms with Gasteiger partial charge in [-0.2, -0.15) is 5.26 Å². The molecule has 0 aromatic carbocycles. The van der Waals surface area contributed by atoms with Crippen LogP contribution in [0.2, 0.25) is 0 Å². The van der Waals surface area contributed by atoms with Crippen molar-refractivity contribution >= 4 is 0 Å². The third-order valence-corrected chi connectivity index (χ3v) is 6.24. The third-order valence-electron chi connectivity index (χ3n) is 6.24. The monoisotopic (exact) mass is 259 g/mol. The number of fused-ring (bicyclic) bond motifs is 2. The molecule has 3 heteroatoms. The van der Waals surface area contributed by atoms with Crippen LogP contribution >= 0.6 is 0 Å². The van der Waals surface area contributed by atoms with E-state index in [2.05, 4.69) is 15.9 Å². The van der Waals surface area contributed by atoms with Crippen LogP contribution in [0.4, 0.5) is 0 Å². The molecule has 0 amide bonds. The molecule has 4 aliphatic rings. The van der Waals surface area contributed by atoms with Crippen molar-refractivity contribution in [3.63, 3.8) is 0 Å². The van der Waals surface area contributed by atoms with Gasteiger partial charge in [0.15, 0.2) is 0 Å². The lowest BCUT2D eigenvalue weighted by Crippen LogP contribution is -2.67.